The van der Waals surface area contributed by atoms with Gasteiger partial charge in [0.1, 0.15) is 11.6 Å². The summed E-state index contributed by atoms with van der Waals surface area (Å²) in [5.41, 5.74) is 2.09. The van der Waals surface area contributed by atoms with E-state index in [9.17, 15) is 14.3 Å². The first-order valence-electron chi connectivity index (χ1n) is 8.08. The number of carbonyl (C=O) groups is 1. The molecule has 0 atom stereocenters. The van der Waals surface area contributed by atoms with Crippen molar-refractivity contribution in [3.05, 3.63) is 65.0 Å². The number of rotatable bonds is 3. The summed E-state index contributed by atoms with van der Waals surface area (Å²) in [5.74, 6) is -0.0643. The van der Waals surface area contributed by atoms with Crippen LogP contribution in [0.1, 0.15) is 21.5 Å². The molecule has 0 aliphatic carbocycles. The Kier molecular flexibility index (Phi) is 4.81. The average Bonchev–Trinajstić information content (AvgIpc) is 2.57. The van der Waals surface area contributed by atoms with Crippen molar-refractivity contribution in [3.63, 3.8) is 0 Å². The molecule has 126 valence electrons. The number of piperazine rings is 1. The van der Waals surface area contributed by atoms with Gasteiger partial charge in [-0.05, 0) is 48.4 Å². The fourth-order valence-corrected chi connectivity index (χ4v) is 2.98. The van der Waals surface area contributed by atoms with E-state index in [1.807, 2.05) is 17.0 Å². The third-order valence-electron chi connectivity index (χ3n) is 4.38. The van der Waals surface area contributed by atoms with Crippen LogP contribution in [0, 0.1) is 12.7 Å². The highest BCUT2D eigenvalue weighted by atomic mass is 19.1. The molecule has 0 saturated carbocycles. The SMILES string of the molecule is Cc1cc(C(=O)N2CCN(Cc3cccc(O)c3)CC2)ccc1F. The summed E-state index contributed by atoms with van der Waals surface area (Å²) < 4.78 is 13.3. The maximum atomic E-state index is 13.3. The molecule has 1 heterocycles. The Bertz CT molecular complexity index is 740. The van der Waals surface area contributed by atoms with Crippen LogP contribution >= 0.6 is 0 Å². The molecule has 1 fully saturated rings. The molecule has 5 heteroatoms. The van der Waals surface area contributed by atoms with Gasteiger partial charge in [-0.2, -0.15) is 0 Å². The number of aryl methyl sites for hydroxylation is 1. The van der Waals surface area contributed by atoms with Crippen molar-refractivity contribution < 1.29 is 14.3 Å². The fraction of sp³-hybridized carbons (Fsp3) is 0.316. The number of aromatic hydroxyl groups is 1. The van der Waals surface area contributed by atoms with Crippen molar-refractivity contribution in [1.29, 1.82) is 0 Å². The predicted octanol–water partition coefficient (Wildman–Crippen LogP) is 2.80. The monoisotopic (exact) mass is 328 g/mol. The first-order chi connectivity index (χ1) is 11.5. The maximum absolute atomic E-state index is 13.3. The second-order valence-corrected chi connectivity index (χ2v) is 6.20. The van der Waals surface area contributed by atoms with Crippen LogP contribution in [-0.2, 0) is 6.54 Å². The Labute approximate surface area is 141 Å². The van der Waals surface area contributed by atoms with Crippen molar-refractivity contribution in [1.82, 2.24) is 9.80 Å². The van der Waals surface area contributed by atoms with Gasteiger partial charge in [0.2, 0.25) is 0 Å². The lowest BCUT2D eigenvalue weighted by Gasteiger charge is -2.34. The van der Waals surface area contributed by atoms with Gasteiger partial charge in [-0.1, -0.05) is 12.1 Å². The number of phenolic OH excluding ortho intramolecular Hbond substituents is 1. The van der Waals surface area contributed by atoms with E-state index in [2.05, 4.69) is 4.90 Å². The van der Waals surface area contributed by atoms with E-state index in [0.717, 1.165) is 25.2 Å². The quantitative estimate of drug-likeness (QED) is 0.942. The molecule has 2 aromatic rings. The zero-order valence-corrected chi connectivity index (χ0v) is 13.7. The summed E-state index contributed by atoms with van der Waals surface area (Å²) in [7, 11) is 0. The largest absolute Gasteiger partial charge is 0.508 e. The van der Waals surface area contributed by atoms with E-state index in [1.165, 1.54) is 6.07 Å². The molecular formula is C19H21FN2O2. The summed E-state index contributed by atoms with van der Waals surface area (Å²) in [6.45, 7) is 5.27. The Balaban J connectivity index is 1.58. The topological polar surface area (TPSA) is 43.8 Å². The Morgan fingerprint density at radius 3 is 2.54 bits per heavy atom. The molecule has 4 nitrogen and oxygen atoms in total. The minimum Gasteiger partial charge on any atom is -0.508 e. The van der Waals surface area contributed by atoms with E-state index < -0.39 is 0 Å². The van der Waals surface area contributed by atoms with Crippen LogP contribution in [0.4, 0.5) is 4.39 Å². The number of nitrogens with zero attached hydrogens (tertiary/aromatic N) is 2. The number of carbonyl (C=O) groups excluding carboxylic acids is 1. The van der Waals surface area contributed by atoms with Crippen molar-refractivity contribution in [2.75, 3.05) is 26.2 Å². The van der Waals surface area contributed by atoms with Crippen LogP contribution in [-0.4, -0.2) is 47.0 Å². The number of halogens is 1. The number of hydrogen-bond acceptors (Lipinski definition) is 3. The van der Waals surface area contributed by atoms with Crippen molar-refractivity contribution in [2.45, 2.75) is 13.5 Å². The van der Waals surface area contributed by atoms with Crippen LogP contribution in [0.15, 0.2) is 42.5 Å². The van der Waals surface area contributed by atoms with Gasteiger partial charge in [0.15, 0.2) is 0 Å². The minimum atomic E-state index is -0.289. The summed E-state index contributed by atoms with van der Waals surface area (Å²) in [5, 5.41) is 9.53. The minimum absolute atomic E-state index is 0.0462. The standard InChI is InChI=1S/C19H21FN2O2/c1-14-11-16(5-6-18(14)20)19(24)22-9-7-21(8-10-22)13-15-3-2-4-17(23)12-15/h2-6,11-12,23H,7-10,13H2,1H3. The lowest BCUT2D eigenvalue weighted by atomic mass is 10.1. The van der Waals surface area contributed by atoms with Crippen LogP contribution < -0.4 is 0 Å². The molecule has 1 N–H and O–H groups in total. The van der Waals surface area contributed by atoms with E-state index in [1.54, 1.807) is 31.2 Å². The number of amides is 1. The van der Waals surface area contributed by atoms with E-state index in [0.29, 0.717) is 24.2 Å². The molecule has 0 aromatic heterocycles. The third kappa shape index (κ3) is 3.74. The van der Waals surface area contributed by atoms with Crippen LogP contribution in [0.5, 0.6) is 5.75 Å². The Morgan fingerprint density at radius 1 is 1.12 bits per heavy atom. The zero-order chi connectivity index (χ0) is 17.1. The van der Waals surface area contributed by atoms with Crippen LogP contribution in [0.3, 0.4) is 0 Å². The molecule has 1 amide bonds. The van der Waals surface area contributed by atoms with Gasteiger partial charge in [0.25, 0.3) is 5.91 Å². The summed E-state index contributed by atoms with van der Waals surface area (Å²) in [6.07, 6.45) is 0. The third-order valence-corrected chi connectivity index (χ3v) is 4.38. The molecule has 1 saturated heterocycles. The van der Waals surface area contributed by atoms with Gasteiger partial charge in [-0.15, -0.1) is 0 Å². The Hall–Kier alpha value is -2.40. The summed E-state index contributed by atoms with van der Waals surface area (Å²) >= 11 is 0. The van der Waals surface area contributed by atoms with Crippen molar-refractivity contribution >= 4 is 5.91 Å². The molecule has 0 unspecified atom stereocenters. The van der Waals surface area contributed by atoms with E-state index in [4.69, 9.17) is 0 Å². The normalized spacial score (nSPS) is 15.5. The molecule has 2 aromatic carbocycles. The fourth-order valence-electron chi connectivity index (χ4n) is 2.98. The first-order valence-corrected chi connectivity index (χ1v) is 8.08. The highest BCUT2D eigenvalue weighted by Crippen LogP contribution is 2.16. The van der Waals surface area contributed by atoms with Crippen LogP contribution in [0.2, 0.25) is 0 Å². The number of benzene rings is 2. The van der Waals surface area contributed by atoms with Gasteiger partial charge in [-0.25, -0.2) is 4.39 Å². The highest BCUT2D eigenvalue weighted by molar-refractivity contribution is 5.94. The van der Waals surface area contributed by atoms with E-state index in [-0.39, 0.29) is 17.5 Å². The molecule has 0 radical (unpaired) electrons. The second-order valence-electron chi connectivity index (χ2n) is 6.20. The molecule has 1 aliphatic heterocycles. The van der Waals surface area contributed by atoms with Gasteiger partial charge in [0.05, 0.1) is 0 Å². The molecule has 0 bridgehead atoms. The van der Waals surface area contributed by atoms with Crippen LogP contribution in [0.25, 0.3) is 0 Å². The molecule has 1 aliphatic rings. The zero-order valence-electron chi connectivity index (χ0n) is 13.7. The van der Waals surface area contributed by atoms with Gasteiger partial charge in [-0.3, -0.25) is 9.69 Å². The summed E-state index contributed by atoms with van der Waals surface area (Å²) in [4.78, 5) is 16.6. The maximum Gasteiger partial charge on any atom is 0.253 e. The van der Waals surface area contributed by atoms with Gasteiger partial charge in [0, 0.05) is 38.3 Å². The second kappa shape index (κ2) is 7.01. The molecule has 0 spiro atoms. The molecule has 24 heavy (non-hydrogen) atoms. The lowest BCUT2D eigenvalue weighted by molar-refractivity contribution is 0.0628. The smallest absolute Gasteiger partial charge is 0.253 e. The molecular weight excluding hydrogens is 307 g/mol. The summed E-state index contributed by atoms with van der Waals surface area (Å²) in [6, 6.07) is 11.7. The van der Waals surface area contributed by atoms with Gasteiger partial charge >= 0.3 is 0 Å². The molecule has 3 rings (SSSR count). The van der Waals surface area contributed by atoms with Crippen molar-refractivity contribution in [2.24, 2.45) is 0 Å². The first kappa shape index (κ1) is 16.5. The van der Waals surface area contributed by atoms with E-state index >= 15 is 0 Å². The average molecular weight is 328 g/mol. The number of phenols is 1. The Morgan fingerprint density at radius 2 is 1.88 bits per heavy atom. The van der Waals surface area contributed by atoms with Gasteiger partial charge < -0.3 is 10.0 Å². The highest BCUT2D eigenvalue weighted by Gasteiger charge is 2.22. The lowest BCUT2D eigenvalue weighted by Crippen LogP contribution is -2.48. The van der Waals surface area contributed by atoms with Crippen molar-refractivity contribution in [3.8, 4) is 5.75 Å². The number of hydrogen-bond donors (Lipinski definition) is 1. The predicted molar refractivity (Wildman–Crippen MR) is 90.4 cm³/mol.